The third-order valence-electron chi connectivity index (χ3n) is 3.73. The van der Waals surface area contributed by atoms with Crippen LogP contribution in [-0.2, 0) is 0 Å². The number of benzene rings is 2. The third-order valence-corrected chi connectivity index (χ3v) is 4.42. The fourth-order valence-corrected chi connectivity index (χ4v) is 2.90. The largest absolute Gasteiger partial charge is 0.497 e. The zero-order valence-corrected chi connectivity index (χ0v) is 14.4. The van der Waals surface area contributed by atoms with E-state index in [1.807, 2.05) is 19.2 Å². The van der Waals surface area contributed by atoms with E-state index < -0.39 is 0 Å². The van der Waals surface area contributed by atoms with Crippen molar-refractivity contribution in [2.75, 3.05) is 26.1 Å². The Labute approximate surface area is 135 Å². The van der Waals surface area contributed by atoms with Crippen LogP contribution < -0.4 is 15.0 Å². The molecule has 0 aromatic heterocycles. The second kappa shape index (κ2) is 6.96. The van der Waals surface area contributed by atoms with E-state index in [2.05, 4.69) is 70.4 Å². The third kappa shape index (κ3) is 3.57. The smallest absolute Gasteiger partial charge is 0.119 e. The van der Waals surface area contributed by atoms with Gasteiger partial charge in [0.1, 0.15) is 5.75 Å². The number of anilines is 2. The molecular formula is C17H21BrN2O. The topological polar surface area (TPSA) is 24.5 Å². The summed E-state index contributed by atoms with van der Waals surface area (Å²) in [7, 11) is 5.71. The van der Waals surface area contributed by atoms with Crippen molar-refractivity contribution in [3.05, 3.63) is 52.5 Å². The molecular weight excluding hydrogens is 328 g/mol. The van der Waals surface area contributed by atoms with Gasteiger partial charge in [0.2, 0.25) is 0 Å². The Kier molecular flexibility index (Phi) is 5.26. The molecule has 1 N–H and O–H groups in total. The standard InChI is InChI=1S/C17H21BrN2O/c1-12(19-2)16-10-7-14(11-17(16)18)20(3)13-5-8-15(21-4)9-6-13/h5-12,19H,1-4H3. The van der Waals surface area contributed by atoms with Crippen molar-refractivity contribution < 1.29 is 4.74 Å². The van der Waals surface area contributed by atoms with Gasteiger partial charge in [-0.2, -0.15) is 0 Å². The van der Waals surface area contributed by atoms with Crippen LogP contribution in [0.3, 0.4) is 0 Å². The fourth-order valence-electron chi connectivity index (χ4n) is 2.19. The van der Waals surface area contributed by atoms with Crippen LogP contribution in [0.25, 0.3) is 0 Å². The van der Waals surface area contributed by atoms with E-state index in [0.717, 1.165) is 21.6 Å². The normalized spacial score (nSPS) is 12.0. The molecule has 2 aromatic carbocycles. The molecule has 112 valence electrons. The second-order valence-electron chi connectivity index (χ2n) is 4.97. The lowest BCUT2D eigenvalue weighted by atomic mass is 10.1. The van der Waals surface area contributed by atoms with Crippen LogP contribution in [0, 0.1) is 0 Å². The van der Waals surface area contributed by atoms with E-state index in [0.29, 0.717) is 6.04 Å². The molecule has 0 aliphatic heterocycles. The van der Waals surface area contributed by atoms with E-state index in [4.69, 9.17) is 4.74 Å². The molecule has 0 spiro atoms. The number of nitrogens with one attached hydrogen (secondary N) is 1. The molecule has 0 saturated carbocycles. The van der Waals surface area contributed by atoms with Crippen LogP contribution in [0.5, 0.6) is 5.75 Å². The van der Waals surface area contributed by atoms with Crippen molar-refractivity contribution >= 4 is 27.3 Å². The number of halogens is 1. The maximum absolute atomic E-state index is 5.20. The monoisotopic (exact) mass is 348 g/mol. The predicted octanol–water partition coefficient (Wildman–Crippen LogP) is 4.51. The van der Waals surface area contributed by atoms with Crippen LogP contribution in [0.4, 0.5) is 11.4 Å². The van der Waals surface area contributed by atoms with Crippen LogP contribution in [0.2, 0.25) is 0 Å². The van der Waals surface area contributed by atoms with Gasteiger partial charge in [-0.1, -0.05) is 22.0 Å². The lowest BCUT2D eigenvalue weighted by Gasteiger charge is -2.22. The predicted molar refractivity (Wildman–Crippen MR) is 92.7 cm³/mol. The number of nitrogens with zero attached hydrogens (tertiary/aromatic N) is 1. The van der Waals surface area contributed by atoms with E-state index in [1.165, 1.54) is 5.56 Å². The average Bonchev–Trinajstić information content (AvgIpc) is 2.53. The first kappa shape index (κ1) is 15.9. The first-order valence-electron chi connectivity index (χ1n) is 6.91. The highest BCUT2D eigenvalue weighted by molar-refractivity contribution is 9.10. The van der Waals surface area contributed by atoms with Crippen LogP contribution in [-0.4, -0.2) is 21.2 Å². The molecule has 1 unspecified atom stereocenters. The van der Waals surface area contributed by atoms with Crippen LogP contribution >= 0.6 is 15.9 Å². The molecule has 0 bridgehead atoms. The van der Waals surface area contributed by atoms with Gasteiger partial charge in [0.15, 0.2) is 0 Å². The quantitative estimate of drug-likeness (QED) is 0.860. The fraction of sp³-hybridized carbons (Fsp3) is 0.294. The zero-order chi connectivity index (χ0) is 15.4. The average molecular weight is 349 g/mol. The summed E-state index contributed by atoms with van der Waals surface area (Å²) in [5.74, 6) is 0.867. The summed E-state index contributed by atoms with van der Waals surface area (Å²) >= 11 is 3.67. The van der Waals surface area contributed by atoms with Gasteiger partial charge in [0, 0.05) is 28.9 Å². The van der Waals surface area contributed by atoms with E-state index in [9.17, 15) is 0 Å². The van der Waals surface area contributed by atoms with Gasteiger partial charge in [-0.3, -0.25) is 0 Å². The van der Waals surface area contributed by atoms with Gasteiger partial charge in [-0.05, 0) is 55.9 Å². The van der Waals surface area contributed by atoms with Crippen molar-refractivity contribution in [1.29, 1.82) is 0 Å². The van der Waals surface area contributed by atoms with Crippen molar-refractivity contribution in [3.63, 3.8) is 0 Å². The molecule has 2 rings (SSSR count). The molecule has 0 heterocycles. The molecule has 21 heavy (non-hydrogen) atoms. The van der Waals surface area contributed by atoms with Gasteiger partial charge in [0.05, 0.1) is 7.11 Å². The number of hydrogen-bond donors (Lipinski definition) is 1. The van der Waals surface area contributed by atoms with Crippen molar-refractivity contribution in [2.24, 2.45) is 0 Å². The van der Waals surface area contributed by atoms with Gasteiger partial charge in [-0.25, -0.2) is 0 Å². The minimum absolute atomic E-state index is 0.319. The number of rotatable bonds is 5. The minimum Gasteiger partial charge on any atom is -0.497 e. The van der Waals surface area contributed by atoms with Crippen LogP contribution in [0.15, 0.2) is 46.9 Å². The number of ether oxygens (including phenoxy) is 1. The summed E-state index contributed by atoms with van der Waals surface area (Å²) in [4.78, 5) is 2.15. The van der Waals surface area contributed by atoms with Gasteiger partial charge >= 0.3 is 0 Å². The van der Waals surface area contributed by atoms with Crippen molar-refractivity contribution in [3.8, 4) is 5.75 Å². The highest BCUT2D eigenvalue weighted by Crippen LogP contribution is 2.31. The Morgan fingerprint density at radius 1 is 1.10 bits per heavy atom. The van der Waals surface area contributed by atoms with Crippen molar-refractivity contribution in [2.45, 2.75) is 13.0 Å². The summed E-state index contributed by atoms with van der Waals surface area (Å²) in [5, 5.41) is 3.26. The highest BCUT2D eigenvalue weighted by Gasteiger charge is 2.10. The van der Waals surface area contributed by atoms with Gasteiger partial charge < -0.3 is 15.0 Å². The molecule has 3 nitrogen and oxygen atoms in total. The summed E-state index contributed by atoms with van der Waals surface area (Å²) in [6.07, 6.45) is 0. The summed E-state index contributed by atoms with van der Waals surface area (Å²) < 4.78 is 6.31. The Hall–Kier alpha value is -1.52. The lowest BCUT2D eigenvalue weighted by molar-refractivity contribution is 0.415. The SMILES string of the molecule is CNC(C)c1ccc(N(C)c2ccc(OC)cc2)cc1Br. The van der Waals surface area contributed by atoms with E-state index >= 15 is 0 Å². The lowest BCUT2D eigenvalue weighted by Crippen LogP contribution is -2.14. The van der Waals surface area contributed by atoms with Crippen molar-refractivity contribution in [1.82, 2.24) is 5.32 Å². The summed E-state index contributed by atoms with van der Waals surface area (Å²) in [6.45, 7) is 2.15. The maximum atomic E-state index is 5.20. The summed E-state index contributed by atoms with van der Waals surface area (Å²) in [5.41, 5.74) is 3.51. The second-order valence-corrected chi connectivity index (χ2v) is 5.83. The number of methoxy groups -OCH3 is 1. The Morgan fingerprint density at radius 2 is 1.71 bits per heavy atom. The van der Waals surface area contributed by atoms with Gasteiger partial charge in [0.25, 0.3) is 0 Å². The zero-order valence-electron chi connectivity index (χ0n) is 12.9. The Bertz CT molecular complexity index is 598. The molecule has 4 heteroatoms. The Balaban J connectivity index is 2.26. The molecule has 0 amide bonds. The van der Waals surface area contributed by atoms with E-state index in [1.54, 1.807) is 7.11 Å². The molecule has 0 aliphatic carbocycles. The molecule has 2 aromatic rings. The van der Waals surface area contributed by atoms with E-state index in [-0.39, 0.29) is 0 Å². The molecule has 0 fully saturated rings. The summed E-state index contributed by atoms with van der Waals surface area (Å²) in [6, 6.07) is 14.8. The molecule has 0 saturated heterocycles. The Morgan fingerprint density at radius 3 is 2.24 bits per heavy atom. The first-order chi connectivity index (χ1) is 10.1. The number of hydrogen-bond acceptors (Lipinski definition) is 3. The van der Waals surface area contributed by atoms with Gasteiger partial charge in [-0.15, -0.1) is 0 Å². The molecule has 0 aliphatic rings. The minimum atomic E-state index is 0.319. The van der Waals surface area contributed by atoms with Crippen LogP contribution in [0.1, 0.15) is 18.5 Å². The maximum Gasteiger partial charge on any atom is 0.119 e. The molecule has 0 radical (unpaired) electrons. The highest BCUT2D eigenvalue weighted by atomic mass is 79.9. The first-order valence-corrected chi connectivity index (χ1v) is 7.70. The molecule has 1 atom stereocenters.